The summed E-state index contributed by atoms with van der Waals surface area (Å²) in [7, 11) is 2.30. The molecule has 78 valence electrons. The van der Waals surface area contributed by atoms with Crippen molar-refractivity contribution in [1.29, 1.82) is 0 Å². The first-order valence-electron chi connectivity index (χ1n) is 5.38. The number of hydrogen-bond donors (Lipinski definition) is 0. The van der Waals surface area contributed by atoms with Crippen LogP contribution >= 0.6 is 11.8 Å². The van der Waals surface area contributed by atoms with Gasteiger partial charge >= 0.3 is 0 Å². The molecule has 13 heavy (non-hydrogen) atoms. The van der Waals surface area contributed by atoms with Gasteiger partial charge in [0.25, 0.3) is 0 Å². The van der Waals surface area contributed by atoms with Gasteiger partial charge in [-0.15, -0.1) is 0 Å². The molecule has 2 atom stereocenters. The summed E-state index contributed by atoms with van der Waals surface area (Å²) < 4.78 is 0.440. The predicted molar refractivity (Wildman–Crippen MR) is 62.5 cm³/mol. The summed E-state index contributed by atoms with van der Waals surface area (Å²) in [4.78, 5) is 2.59. The van der Waals surface area contributed by atoms with E-state index >= 15 is 0 Å². The van der Waals surface area contributed by atoms with Crippen molar-refractivity contribution in [3.05, 3.63) is 0 Å². The molecule has 0 aromatic heterocycles. The third-order valence-electron chi connectivity index (χ3n) is 3.38. The van der Waals surface area contributed by atoms with E-state index in [-0.39, 0.29) is 0 Å². The monoisotopic (exact) mass is 201 g/mol. The van der Waals surface area contributed by atoms with E-state index in [4.69, 9.17) is 0 Å². The largest absolute Gasteiger partial charge is 0.298 e. The maximum absolute atomic E-state index is 2.59. The molecule has 2 unspecified atom stereocenters. The molecular weight excluding hydrogens is 178 g/mol. The summed E-state index contributed by atoms with van der Waals surface area (Å²) in [6, 6.07) is 1.54. The Morgan fingerprint density at radius 2 is 1.92 bits per heavy atom. The Labute approximate surface area is 87.3 Å². The van der Waals surface area contributed by atoms with Gasteiger partial charge in [0.15, 0.2) is 0 Å². The summed E-state index contributed by atoms with van der Waals surface area (Å²) in [6.45, 7) is 9.37. The third kappa shape index (κ3) is 2.21. The molecule has 0 radical (unpaired) electrons. The van der Waals surface area contributed by atoms with Gasteiger partial charge in [-0.2, -0.15) is 11.8 Å². The topological polar surface area (TPSA) is 3.24 Å². The van der Waals surface area contributed by atoms with Crippen LogP contribution in [0.5, 0.6) is 0 Å². The van der Waals surface area contributed by atoms with Crippen molar-refractivity contribution in [1.82, 2.24) is 4.90 Å². The van der Waals surface area contributed by atoms with Crippen LogP contribution in [0, 0.1) is 0 Å². The number of nitrogens with zero attached hydrogens (tertiary/aromatic N) is 1. The Balaban J connectivity index is 2.72. The highest BCUT2D eigenvalue weighted by atomic mass is 32.2. The van der Waals surface area contributed by atoms with Crippen molar-refractivity contribution in [2.24, 2.45) is 0 Å². The molecule has 0 aromatic rings. The zero-order valence-electron chi connectivity index (χ0n) is 9.63. The quantitative estimate of drug-likeness (QED) is 0.675. The number of rotatable bonds is 2. The zero-order valence-corrected chi connectivity index (χ0v) is 10.4. The molecule has 0 N–H and O–H groups in total. The van der Waals surface area contributed by atoms with Crippen LogP contribution in [0.25, 0.3) is 0 Å². The molecule has 2 heteroatoms. The van der Waals surface area contributed by atoms with E-state index in [1.807, 2.05) is 0 Å². The van der Waals surface area contributed by atoms with Crippen LogP contribution < -0.4 is 0 Å². The molecule has 1 saturated heterocycles. The summed E-state index contributed by atoms with van der Waals surface area (Å²) in [5.74, 6) is 1.30. The molecule has 1 nitrogen and oxygen atoms in total. The van der Waals surface area contributed by atoms with Gasteiger partial charge < -0.3 is 0 Å². The van der Waals surface area contributed by atoms with Crippen LogP contribution in [0.15, 0.2) is 0 Å². The van der Waals surface area contributed by atoms with E-state index in [0.29, 0.717) is 4.75 Å². The van der Waals surface area contributed by atoms with Gasteiger partial charge in [0, 0.05) is 22.6 Å². The maximum Gasteiger partial charge on any atom is 0.0259 e. The Kier molecular flexibility index (Phi) is 3.70. The standard InChI is InChI=1S/C11H23NS/c1-6-9-8-13-11(3,4)10(7-2)12(9)5/h9-10H,6-8H2,1-5H3. The second kappa shape index (κ2) is 4.22. The second-order valence-corrected chi connectivity index (χ2v) is 6.24. The molecule has 0 amide bonds. The van der Waals surface area contributed by atoms with Crippen LogP contribution in [0.1, 0.15) is 40.5 Å². The van der Waals surface area contributed by atoms with Crippen LogP contribution in [0.3, 0.4) is 0 Å². The van der Waals surface area contributed by atoms with Crippen molar-refractivity contribution < 1.29 is 0 Å². The maximum atomic E-state index is 2.59. The lowest BCUT2D eigenvalue weighted by atomic mass is 9.97. The fraction of sp³-hybridized carbons (Fsp3) is 1.00. The highest BCUT2D eigenvalue weighted by Gasteiger charge is 2.38. The molecule has 1 aliphatic heterocycles. The third-order valence-corrected chi connectivity index (χ3v) is 4.94. The first-order chi connectivity index (χ1) is 6.03. The van der Waals surface area contributed by atoms with E-state index in [1.165, 1.54) is 18.6 Å². The lowest BCUT2D eigenvalue weighted by Crippen LogP contribution is -2.55. The van der Waals surface area contributed by atoms with E-state index in [2.05, 4.69) is 51.4 Å². The minimum absolute atomic E-state index is 0.440. The van der Waals surface area contributed by atoms with Crippen molar-refractivity contribution in [2.45, 2.75) is 57.4 Å². The van der Waals surface area contributed by atoms with Crippen molar-refractivity contribution in [3.8, 4) is 0 Å². The molecule has 1 fully saturated rings. The van der Waals surface area contributed by atoms with Gasteiger partial charge in [-0.05, 0) is 33.7 Å². The predicted octanol–water partition coefficient (Wildman–Crippen LogP) is 3.00. The summed E-state index contributed by atoms with van der Waals surface area (Å²) in [5.41, 5.74) is 0. The molecule has 0 bridgehead atoms. The lowest BCUT2D eigenvalue weighted by molar-refractivity contribution is 0.141. The number of thioether (sulfide) groups is 1. The molecule has 1 rings (SSSR count). The Bertz CT molecular complexity index is 167. The fourth-order valence-corrected chi connectivity index (χ4v) is 4.07. The first-order valence-corrected chi connectivity index (χ1v) is 6.37. The highest BCUT2D eigenvalue weighted by Crippen LogP contribution is 2.39. The molecule has 0 aromatic carbocycles. The summed E-state index contributed by atoms with van der Waals surface area (Å²) >= 11 is 2.15. The Morgan fingerprint density at radius 1 is 1.31 bits per heavy atom. The van der Waals surface area contributed by atoms with Gasteiger partial charge in [0.1, 0.15) is 0 Å². The highest BCUT2D eigenvalue weighted by molar-refractivity contribution is 8.00. The smallest absolute Gasteiger partial charge is 0.0259 e. The molecular formula is C11H23NS. The van der Waals surface area contributed by atoms with E-state index in [1.54, 1.807) is 0 Å². The SMILES string of the molecule is CCC1CSC(C)(C)C(CC)N1C. The van der Waals surface area contributed by atoms with Gasteiger partial charge in [-0.3, -0.25) is 4.90 Å². The lowest BCUT2D eigenvalue weighted by Gasteiger charge is -2.48. The van der Waals surface area contributed by atoms with E-state index in [0.717, 1.165) is 12.1 Å². The van der Waals surface area contributed by atoms with Gasteiger partial charge in [-0.25, -0.2) is 0 Å². The summed E-state index contributed by atoms with van der Waals surface area (Å²) in [6.07, 6.45) is 2.56. The molecule has 1 heterocycles. The summed E-state index contributed by atoms with van der Waals surface area (Å²) in [5, 5.41) is 0. The average Bonchev–Trinajstić information content (AvgIpc) is 2.04. The number of hydrogen-bond acceptors (Lipinski definition) is 2. The minimum Gasteiger partial charge on any atom is -0.298 e. The van der Waals surface area contributed by atoms with Gasteiger partial charge in [0.2, 0.25) is 0 Å². The van der Waals surface area contributed by atoms with Gasteiger partial charge in [0.05, 0.1) is 0 Å². The minimum atomic E-state index is 0.440. The Morgan fingerprint density at radius 3 is 2.38 bits per heavy atom. The van der Waals surface area contributed by atoms with Crippen LogP contribution in [0.2, 0.25) is 0 Å². The molecule has 0 spiro atoms. The normalized spacial score (nSPS) is 34.8. The van der Waals surface area contributed by atoms with Crippen molar-refractivity contribution >= 4 is 11.8 Å². The van der Waals surface area contributed by atoms with E-state index in [9.17, 15) is 0 Å². The molecule has 1 aliphatic rings. The first kappa shape index (κ1) is 11.4. The second-order valence-electron chi connectivity index (χ2n) is 4.57. The van der Waals surface area contributed by atoms with Crippen molar-refractivity contribution in [3.63, 3.8) is 0 Å². The molecule has 0 saturated carbocycles. The van der Waals surface area contributed by atoms with Crippen LogP contribution in [-0.2, 0) is 0 Å². The zero-order chi connectivity index (χ0) is 10.1. The van der Waals surface area contributed by atoms with E-state index < -0.39 is 0 Å². The van der Waals surface area contributed by atoms with Crippen LogP contribution in [-0.4, -0.2) is 34.5 Å². The Hall–Kier alpha value is 0.310. The van der Waals surface area contributed by atoms with Crippen LogP contribution in [0.4, 0.5) is 0 Å². The average molecular weight is 201 g/mol. The van der Waals surface area contributed by atoms with Gasteiger partial charge in [-0.1, -0.05) is 13.8 Å². The fourth-order valence-electron chi connectivity index (χ4n) is 2.46. The molecule has 0 aliphatic carbocycles. The van der Waals surface area contributed by atoms with Crippen molar-refractivity contribution in [2.75, 3.05) is 12.8 Å².